The Labute approximate surface area is 108 Å². The molecule has 0 heterocycles. The van der Waals surface area contributed by atoms with Gasteiger partial charge in [0.2, 0.25) is 5.91 Å². The molecule has 5 heteroatoms. The number of hydrogen-bond donors (Lipinski definition) is 3. The molecule has 0 aromatic heterocycles. The third kappa shape index (κ3) is 4.44. The van der Waals surface area contributed by atoms with Gasteiger partial charge in [0, 0.05) is 13.1 Å². The van der Waals surface area contributed by atoms with Crippen molar-refractivity contribution in [3.63, 3.8) is 0 Å². The van der Waals surface area contributed by atoms with E-state index in [9.17, 15) is 9.90 Å². The van der Waals surface area contributed by atoms with E-state index in [0.717, 1.165) is 5.56 Å². The van der Waals surface area contributed by atoms with Crippen LogP contribution in [0.1, 0.15) is 18.4 Å². The number of aliphatic hydroxyl groups is 1. The fraction of sp³-hybridized carbons (Fsp3) is 0.462. The number of carbonyl (C=O) groups is 1. The van der Waals surface area contributed by atoms with Crippen molar-refractivity contribution in [2.24, 2.45) is 5.84 Å². The number of likely N-dealkylation sites (N-methyl/N-ethyl adjacent to an activating group) is 1. The van der Waals surface area contributed by atoms with Crippen LogP contribution in [-0.2, 0) is 4.79 Å². The first-order chi connectivity index (χ1) is 8.54. The third-order valence-corrected chi connectivity index (χ3v) is 2.73. The first kappa shape index (κ1) is 14.6. The zero-order chi connectivity index (χ0) is 13.5. The maximum absolute atomic E-state index is 11.8. The molecule has 0 aliphatic rings. The van der Waals surface area contributed by atoms with Crippen LogP contribution >= 0.6 is 0 Å². The number of benzene rings is 1. The van der Waals surface area contributed by atoms with Crippen LogP contribution in [0.3, 0.4) is 0 Å². The average molecular weight is 251 g/mol. The summed E-state index contributed by atoms with van der Waals surface area (Å²) in [6, 6.07) is 9.48. The van der Waals surface area contributed by atoms with E-state index in [-0.39, 0.29) is 11.8 Å². The average Bonchev–Trinajstić information content (AvgIpc) is 2.35. The summed E-state index contributed by atoms with van der Waals surface area (Å²) in [5.74, 6) is 4.66. The van der Waals surface area contributed by atoms with Crippen LogP contribution in [0.5, 0.6) is 0 Å². The predicted octanol–water partition coefficient (Wildman–Crippen LogP) is 0.0727. The molecule has 4 N–H and O–H groups in total. The summed E-state index contributed by atoms with van der Waals surface area (Å²) in [6.45, 7) is 2.75. The van der Waals surface area contributed by atoms with Crippen molar-refractivity contribution in [2.45, 2.75) is 18.9 Å². The number of nitrogens with two attached hydrogens (primary N) is 1. The maximum atomic E-state index is 11.8. The summed E-state index contributed by atoms with van der Waals surface area (Å²) < 4.78 is 0. The Bertz CT molecular complexity index is 368. The predicted molar refractivity (Wildman–Crippen MR) is 70.7 cm³/mol. The molecule has 0 aliphatic carbocycles. The molecular formula is C13H21N3O2. The topological polar surface area (TPSA) is 78.6 Å². The Morgan fingerprint density at radius 2 is 2.00 bits per heavy atom. The third-order valence-electron chi connectivity index (χ3n) is 2.73. The Morgan fingerprint density at radius 1 is 1.39 bits per heavy atom. The lowest BCUT2D eigenvalue weighted by molar-refractivity contribution is -0.123. The van der Waals surface area contributed by atoms with E-state index in [1.165, 1.54) is 0 Å². The van der Waals surface area contributed by atoms with Gasteiger partial charge in [-0.1, -0.05) is 30.3 Å². The minimum atomic E-state index is -0.424. The minimum absolute atomic E-state index is 0.223. The van der Waals surface area contributed by atoms with Crippen molar-refractivity contribution in [3.8, 4) is 0 Å². The van der Waals surface area contributed by atoms with Crippen LogP contribution in [0.2, 0.25) is 0 Å². The van der Waals surface area contributed by atoms with Crippen molar-refractivity contribution < 1.29 is 9.90 Å². The zero-order valence-electron chi connectivity index (χ0n) is 10.8. The summed E-state index contributed by atoms with van der Waals surface area (Å²) in [7, 11) is 1.87. The van der Waals surface area contributed by atoms with Gasteiger partial charge in [-0.3, -0.25) is 10.2 Å². The first-order valence-corrected chi connectivity index (χ1v) is 5.96. The van der Waals surface area contributed by atoms with Gasteiger partial charge < -0.3 is 10.0 Å². The van der Waals surface area contributed by atoms with Crippen LogP contribution in [0.25, 0.3) is 0 Å². The molecule has 2 unspecified atom stereocenters. The molecule has 0 bridgehead atoms. The number of carbonyl (C=O) groups excluding carboxylic acids is 1. The molecule has 1 amide bonds. The van der Waals surface area contributed by atoms with Crippen molar-refractivity contribution in [3.05, 3.63) is 35.9 Å². The van der Waals surface area contributed by atoms with Crippen LogP contribution in [0.4, 0.5) is 0 Å². The number of nitrogens with zero attached hydrogens (tertiary/aromatic N) is 1. The zero-order valence-corrected chi connectivity index (χ0v) is 10.8. The Balaban J connectivity index is 2.77. The number of hydrazine groups is 1. The lowest BCUT2D eigenvalue weighted by Crippen LogP contribution is -2.40. The fourth-order valence-corrected chi connectivity index (χ4v) is 1.96. The van der Waals surface area contributed by atoms with Gasteiger partial charge in [-0.15, -0.1) is 0 Å². The Hall–Kier alpha value is -1.43. The highest BCUT2D eigenvalue weighted by molar-refractivity contribution is 5.83. The summed E-state index contributed by atoms with van der Waals surface area (Å²) >= 11 is 0. The van der Waals surface area contributed by atoms with Crippen molar-refractivity contribution in [2.75, 3.05) is 20.1 Å². The number of aliphatic hydroxyl groups excluding tert-OH is 1. The quantitative estimate of drug-likeness (QED) is 0.380. The molecular weight excluding hydrogens is 230 g/mol. The van der Waals surface area contributed by atoms with E-state index in [2.05, 4.69) is 5.43 Å². The van der Waals surface area contributed by atoms with Gasteiger partial charge in [-0.2, -0.15) is 0 Å². The van der Waals surface area contributed by atoms with E-state index >= 15 is 0 Å². The van der Waals surface area contributed by atoms with Crippen LogP contribution < -0.4 is 11.3 Å². The lowest BCUT2D eigenvalue weighted by Gasteiger charge is -2.24. The lowest BCUT2D eigenvalue weighted by atomic mass is 9.98. The van der Waals surface area contributed by atoms with Gasteiger partial charge in [0.25, 0.3) is 0 Å². The molecule has 0 saturated carbocycles. The molecule has 100 valence electrons. The number of nitrogens with one attached hydrogen (secondary N) is 1. The second-order valence-corrected chi connectivity index (χ2v) is 4.54. The van der Waals surface area contributed by atoms with Gasteiger partial charge in [0.1, 0.15) is 0 Å². The van der Waals surface area contributed by atoms with E-state index < -0.39 is 6.10 Å². The molecule has 1 aromatic rings. The van der Waals surface area contributed by atoms with Crippen molar-refractivity contribution in [1.82, 2.24) is 10.3 Å². The van der Waals surface area contributed by atoms with Crippen LogP contribution in [-0.4, -0.2) is 42.2 Å². The largest absolute Gasteiger partial charge is 0.392 e. The van der Waals surface area contributed by atoms with Gasteiger partial charge in [-0.05, 0) is 19.5 Å². The smallest absolute Gasteiger partial charge is 0.242 e. The van der Waals surface area contributed by atoms with Gasteiger partial charge >= 0.3 is 0 Å². The molecule has 5 nitrogen and oxygen atoms in total. The Kier molecular flexibility index (Phi) is 5.77. The number of amides is 1. The van der Waals surface area contributed by atoms with Crippen LogP contribution in [0, 0.1) is 0 Å². The highest BCUT2D eigenvalue weighted by atomic mass is 16.3. The summed E-state index contributed by atoms with van der Waals surface area (Å²) in [5.41, 5.74) is 3.11. The van der Waals surface area contributed by atoms with E-state index in [4.69, 9.17) is 5.84 Å². The van der Waals surface area contributed by atoms with Gasteiger partial charge in [0.05, 0.1) is 12.0 Å². The standard InChI is InChI=1S/C13H21N3O2/c1-10(17)8-16(2)9-12(13(18)15-14)11-6-4-3-5-7-11/h3-7,10,12,17H,8-9,14H2,1-2H3,(H,15,18). The van der Waals surface area contributed by atoms with Crippen molar-refractivity contribution >= 4 is 5.91 Å². The molecule has 1 aromatic carbocycles. The maximum Gasteiger partial charge on any atom is 0.242 e. The fourth-order valence-electron chi connectivity index (χ4n) is 1.96. The molecule has 0 spiro atoms. The minimum Gasteiger partial charge on any atom is -0.392 e. The molecule has 2 atom stereocenters. The van der Waals surface area contributed by atoms with Crippen LogP contribution in [0.15, 0.2) is 30.3 Å². The highest BCUT2D eigenvalue weighted by Gasteiger charge is 2.21. The summed E-state index contributed by atoms with van der Waals surface area (Å²) in [5, 5.41) is 9.34. The molecule has 0 saturated heterocycles. The second-order valence-electron chi connectivity index (χ2n) is 4.54. The summed E-state index contributed by atoms with van der Waals surface area (Å²) in [6.07, 6.45) is -0.424. The number of hydrogen-bond acceptors (Lipinski definition) is 4. The highest BCUT2D eigenvalue weighted by Crippen LogP contribution is 2.16. The SMILES string of the molecule is CC(O)CN(C)CC(C(=O)NN)c1ccccc1. The monoisotopic (exact) mass is 251 g/mol. The summed E-state index contributed by atoms with van der Waals surface area (Å²) in [4.78, 5) is 13.7. The molecule has 0 aliphatic heterocycles. The second kappa shape index (κ2) is 7.10. The first-order valence-electron chi connectivity index (χ1n) is 5.96. The van der Waals surface area contributed by atoms with E-state index in [1.807, 2.05) is 42.3 Å². The van der Waals surface area contributed by atoms with E-state index in [1.54, 1.807) is 6.92 Å². The number of rotatable bonds is 6. The molecule has 0 fully saturated rings. The van der Waals surface area contributed by atoms with Gasteiger partial charge in [0.15, 0.2) is 0 Å². The van der Waals surface area contributed by atoms with Crippen molar-refractivity contribution in [1.29, 1.82) is 0 Å². The molecule has 18 heavy (non-hydrogen) atoms. The normalized spacial score (nSPS) is 14.3. The van der Waals surface area contributed by atoms with E-state index in [0.29, 0.717) is 13.1 Å². The Morgan fingerprint density at radius 3 is 2.50 bits per heavy atom. The van der Waals surface area contributed by atoms with Gasteiger partial charge in [-0.25, -0.2) is 5.84 Å². The molecule has 1 rings (SSSR count). The molecule has 0 radical (unpaired) electrons.